The molecule has 94 valence electrons. The van der Waals surface area contributed by atoms with E-state index in [4.69, 9.17) is 0 Å². The van der Waals surface area contributed by atoms with Gasteiger partial charge in [0.25, 0.3) is 0 Å². The van der Waals surface area contributed by atoms with Gasteiger partial charge in [0.2, 0.25) is 11.8 Å². The molecule has 1 N–H and O–H groups in total. The van der Waals surface area contributed by atoms with Gasteiger partial charge in [0.15, 0.2) is 0 Å². The fourth-order valence-corrected chi connectivity index (χ4v) is 1.30. The lowest BCUT2D eigenvalue weighted by Crippen LogP contribution is -2.38. The van der Waals surface area contributed by atoms with Crippen molar-refractivity contribution in [3.63, 3.8) is 0 Å². The van der Waals surface area contributed by atoms with E-state index >= 15 is 0 Å². The largest absolute Gasteiger partial charge is 0.349 e. The second kappa shape index (κ2) is 8.10. The van der Waals surface area contributed by atoms with Crippen LogP contribution < -0.4 is 5.32 Å². The van der Waals surface area contributed by atoms with Crippen molar-refractivity contribution in [1.29, 1.82) is 0 Å². The van der Waals surface area contributed by atoms with E-state index in [-0.39, 0.29) is 11.8 Å². The van der Waals surface area contributed by atoms with E-state index in [2.05, 4.69) is 5.32 Å². The van der Waals surface area contributed by atoms with Gasteiger partial charge in [-0.05, 0) is 13.8 Å². The van der Waals surface area contributed by atoms with E-state index in [0.717, 1.165) is 13.1 Å². The summed E-state index contributed by atoms with van der Waals surface area (Å²) in [7, 11) is 3.45. The number of nitrogens with one attached hydrogen (secondary N) is 1. The SMILES string of the molecule is CCN(CC)C(=O)CNCCC(=O)N(C)C. The van der Waals surface area contributed by atoms with Crippen LogP contribution in [-0.2, 0) is 9.59 Å². The van der Waals surface area contributed by atoms with Crippen LogP contribution in [0.5, 0.6) is 0 Å². The number of amides is 2. The molecule has 2 amide bonds. The Kier molecular flexibility index (Phi) is 7.54. The monoisotopic (exact) mass is 229 g/mol. The molecule has 0 aromatic rings. The lowest BCUT2D eigenvalue weighted by molar-refractivity contribution is -0.131. The van der Waals surface area contributed by atoms with Crippen LogP contribution >= 0.6 is 0 Å². The van der Waals surface area contributed by atoms with Gasteiger partial charge < -0.3 is 15.1 Å². The van der Waals surface area contributed by atoms with Crippen LogP contribution in [0, 0.1) is 0 Å². The van der Waals surface area contributed by atoms with Gasteiger partial charge in [-0.15, -0.1) is 0 Å². The molecule has 0 unspecified atom stereocenters. The predicted molar refractivity (Wildman–Crippen MR) is 64.1 cm³/mol. The summed E-state index contributed by atoms with van der Waals surface area (Å²) in [6, 6.07) is 0. The van der Waals surface area contributed by atoms with E-state index in [0.29, 0.717) is 19.5 Å². The van der Waals surface area contributed by atoms with Crippen molar-refractivity contribution in [3.8, 4) is 0 Å². The molecule has 0 rings (SSSR count). The minimum atomic E-state index is 0.0720. The van der Waals surface area contributed by atoms with E-state index in [1.807, 2.05) is 13.8 Å². The number of carbonyl (C=O) groups is 2. The van der Waals surface area contributed by atoms with Crippen LogP contribution in [0.4, 0.5) is 0 Å². The summed E-state index contributed by atoms with van der Waals surface area (Å²) in [5.41, 5.74) is 0. The van der Waals surface area contributed by atoms with Gasteiger partial charge >= 0.3 is 0 Å². The quantitative estimate of drug-likeness (QED) is 0.621. The molecule has 0 bridgehead atoms. The van der Waals surface area contributed by atoms with Crippen LogP contribution in [0.25, 0.3) is 0 Å². The average Bonchev–Trinajstić information content (AvgIpc) is 2.25. The molecule has 0 spiro atoms. The second-order valence-electron chi connectivity index (χ2n) is 3.78. The van der Waals surface area contributed by atoms with E-state index < -0.39 is 0 Å². The molecule has 0 radical (unpaired) electrons. The first kappa shape index (κ1) is 14.9. The van der Waals surface area contributed by atoms with Crippen molar-refractivity contribution >= 4 is 11.8 Å². The van der Waals surface area contributed by atoms with Gasteiger partial charge in [-0.3, -0.25) is 9.59 Å². The highest BCUT2D eigenvalue weighted by Gasteiger charge is 2.09. The molecule has 0 aliphatic rings. The zero-order chi connectivity index (χ0) is 12.6. The summed E-state index contributed by atoms with van der Waals surface area (Å²) in [5.74, 6) is 0.157. The third-order valence-electron chi connectivity index (χ3n) is 2.41. The fourth-order valence-electron chi connectivity index (χ4n) is 1.30. The van der Waals surface area contributed by atoms with Gasteiger partial charge in [0.1, 0.15) is 0 Å². The summed E-state index contributed by atoms with van der Waals surface area (Å²) < 4.78 is 0. The Bertz CT molecular complexity index is 225. The van der Waals surface area contributed by atoms with Crippen molar-refractivity contribution in [2.75, 3.05) is 40.3 Å². The van der Waals surface area contributed by atoms with Crippen molar-refractivity contribution in [3.05, 3.63) is 0 Å². The minimum Gasteiger partial charge on any atom is -0.349 e. The molecule has 0 aliphatic heterocycles. The first-order valence-electron chi connectivity index (χ1n) is 5.71. The van der Waals surface area contributed by atoms with Crippen molar-refractivity contribution in [2.24, 2.45) is 0 Å². The predicted octanol–water partition coefficient (Wildman–Crippen LogP) is -0.0773. The van der Waals surface area contributed by atoms with Crippen molar-refractivity contribution in [2.45, 2.75) is 20.3 Å². The number of carbonyl (C=O) groups excluding carboxylic acids is 2. The molecule has 16 heavy (non-hydrogen) atoms. The fraction of sp³-hybridized carbons (Fsp3) is 0.818. The summed E-state index contributed by atoms with van der Waals surface area (Å²) in [6.07, 6.45) is 0.429. The Labute approximate surface area is 97.8 Å². The minimum absolute atomic E-state index is 0.0720. The maximum Gasteiger partial charge on any atom is 0.236 e. The lowest BCUT2D eigenvalue weighted by Gasteiger charge is -2.18. The molecular weight excluding hydrogens is 206 g/mol. The zero-order valence-electron chi connectivity index (χ0n) is 10.7. The van der Waals surface area contributed by atoms with Gasteiger partial charge in [-0.25, -0.2) is 0 Å². The molecule has 0 atom stereocenters. The topological polar surface area (TPSA) is 52.7 Å². The van der Waals surface area contributed by atoms with Crippen LogP contribution in [0.3, 0.4) is 0 Å². The molecular formula is C11H23N3O2. The van der Waals surface area contributed by atoms with E-state index in [1.165, 1.54) is 0 Å². The number of likely N-dealkylation sites (N-methyl/N-ethyl adjacent to an activating group) is 1. The molecule has 0 aromatic carbocycles. The standard InChI is InChI=1S/C11H23N3O2/c1-5-14(6-2)11(16)9-12-8-7-10(15)13(3)4/h12H,5-9H2,1-4H3. The summed E-state index contributed by atoms with van der Waals surface area (Å²) in [5, 5.41) is 2.98. The summed E-state index contributed by atoms with van der Waals surface area (Å²) in [4.78, 5) is 26.1. The van der Waals surface area contributed by atoms with Gasteiger partial charge in [0.05, 0.1) is 6.54 Å². The number of nitrogens with zero attached hydrogens (tertiary/aromatic N) is 2. The highest BCUT2D eigenvalue weighted by atomic mass is 16.2. The van der Waals surface area contributed by atoms with Crippen LogP contribution in [0.2, 0.25) is 0 Å². The molecule has 5 nitrogen and oxygen atoms in total. The van der Waals surface area contributed by atoms with Crippen LogP contribution in [0.1, 0.15) is 20.3 Å². The maximum absolute atomic E-state index is 11.6. The Morgan fingerprint density at radius 2 is 1.62 bits per heavy atom. The number of hydrogen-bond donors (Lipinski definition) is 1. The lowest BCUT2D eigenvalue weighted by atomic mass is 10.3. The summed E-state index contributed by atoms with van der Waals surface area (Å²) >= 11 is 0. The Morgan fingerprint density at radius 3 is 2.06 bits per heavy atom. The summed E-state index contributed by atoms with van der Waals surface area (Å²) in [6.45, 7) is 6.22. The Morgan fingerprint density at radius 1 is 1.06 bits per heavy atom. The molecule has 0 fully saturated rings. The molecule has 0 saturated carbocycles. The second-order valence-corrected chi connectivity index (χ2v) is 3.78. The Balaban J connectivity index is 3.66. The maximum atomic E-state index is 11.6. The zero-order valence-corrected chi connectivity index (χ0v) is 10.7. The third kappa shape index (κ3) is 5.70. The highest BCUT2D eigenvalue weighted by molar-refractivity contribution is 5.78. The first-order valence-corrected chi connectivity index (χ1v) is 5.71. The molecule has 0 saturated heterocycles. The van der Waals surface area contributed by atoms with Crippen molar-refractivity contribution < 1.29 is 9.59 Å². The molecule has 0 aliphatic carbocycles. The molecule has 5 heteroatoms. The first-order chi connectivity index (χ1) is 7.52. The van der Waals surface area contributed by atoms with Crippen LogP contribution in [0.15, 0.2) is 0 Å². The van der Waals surface area contributed by atoms with Crippen LogP contribution in [-0.4, -0.2) is 61.9 Å². The van der Waals surface area contributed by atoms with Gasteiger partial charge in [0, 0.05) is 40.2 Å². The molecule has 0 aromatic heterocycles. The molecule has 0 heterocycles. The van der Waals surface area contributed by atoms with Gasteiger partial charge in [-0.2, -0.15) is 0 Å². The highest BCUT2D eigenvalue weighted by Crippen LogP contribution is 1.88. The van der Waals surface area contributed by atoms with Crippen molar-refractivity contribution in [1.82, 2.24) is 15.1 Å². The van der Waals surface area contributed by atoms with E-state index in [1.54, 1.807) is 23.9 Å². The average molecular weight is 229 g/mol. The Hall–Kier alpha value is -1.10. The third-order valence-corrected chi connectivity index (χ3v) is 2.41. The number of rotatable bonds is 7. The normalized spacial score (nSPS) is 10.0. The van der Waals surface area contributed by atoms with Gasteiger partial charge in [-0.1, -0.05) is 0 Å². The smallest absolute Gasteiger partial charge is 0.236 e. The van der Waals surface area contributed by atoms with E-state index in [9.17, 15) is 9.59 Å². The number of hydrogen-bond acceptors (Lipinski definition) is 3.